The molecule has 8 heavy (non-hydrogen) atoms. The van der Waals surface area contributed by atoms with Gasteiger partial charge < -0.3 is 1.43 Å². The van der Waals surface area contributed by atoms with Crippen molar-refractivity contribution in [1.82, 2.24) is 0 Å². The maximum atomic E-state index is 7.89. The van der Waals surface area contributed by atoms with Crippen LogP contribution in [0, 0.1) is 0 Å². The predicted molar refractivity (Wildman–Crippen MR) is 16.9 cm³/mol. The maximum absolute atomic E-state index is 7.89. The summed E-state index contributed by atoms with van der Waals surface area (Å²) in [6, 6.07) is 0. The second-order valence-electron chi connectivity index (χ2n) is 0.982. The van der Waals surface area contributed by atoms with E-state index in [0.717, 1.165) is 0 Å². The molecule has 8 heteroatoms. The molecule has 0 amide bonds. The fourth-order valence-electron chi connectivity index (χ4n) is 0.0447. The topological polar surface area (TPSA) is 85.8 Å². The average Bonchev–Trinajstić information content (AvgIpc) is 1.73. The molecule has 1 rings (SSSR count). The summed E-state index contributed by atoms with van der Waals surface area (Å²) in [5.74, 6) is 0. The van der Waals surface area contributed by atoms with Crippen molar-refractivity contribution in [2.75, 3.05) is 0 Å². The summed E-state index contributed by atoms with van der Waals surface area (Å²) in [6.07, 6.45) is 0. The van der Waals surface area contributed by atoms with E-state index in [1.807, 2.05) is 0 Å². The van der Waals surface area contributed by atoms with E-state index in [4.69, 9.17) is 14.7 Å². The number of hydrogen-bond donors (Lipinski definition) is 3. The van der Waals surface area contributed by atoms with Crippen molar-refractivity contribution in [2.45, 2.75) is 0 Å². The van der Waals surface area contributed by atoms with Crippen LogP contribution >= 0.6 is 7.74 Å². The molecule has 45 valence electrons. The first-order chi connectivity index (χ1) is 2.47. The van der Waals surface area contributed by atoms with E-state index in [-0.39, 0.29) is 38.8 Å². The molecule has 5 nitrogen and oxygen atoms in total. The average molecular weight is 173 g/mol. The minimum absolute atomic E-state index is 0. The Balaban J connectivity index is -0.000000120. The van der Waals surface area contributed by atoms with E-state index in [9.17, 15) is 0 Å². The fourth-order valence-corrected chi connectivity index (χ4v) is 0.402. The van der Waals surface area contributed by atoms with Crippen LogP contribution in [-0.4, -0.2) is 14.7 Å². The van der Waals surface area contributed by atoms with Gasteiger partial charge in [0.2, 0.25) is 0 Å². The molecule has 0 aromatic heterocycles. The smallest absolute Gasteiger partial charge is 1.00 e. The molecule has 0 saturated carbocycles. The molecule has 1 aliphatic heterocycles. The van der Waals surface area contributed by atoms with Crippen LogP contribution in [0.2, 0.25) is 0 Å². The van der Waals surface area contributed by atoms with Gasteiger partial charge in [-0.15, -0.1) is 0 Å². The Morgan fingerprint density at radius 3 is 1.25 bits per heavy atom. The largest absolute Gasteiger partial charge is 1.00 e. The Morgan fingerprint density at radius 2 is 1.25 bits per heavy atom. The summed E-state index contributed by atoms with van der Waals surface area (Å²) in [5, 5.41) is 0. The second-order valence-corrected chi connectivity index (χ2v) is 2.95. The Bertz CT molecular complexity index is 80.7. The number of hydrogen-bond acceptors (Lipinski definition) is 5. The van der Waals surface area contributed by atoms with Gasteiger partial charge in [-0.05, 0) is 0 Å². The molecule has 0 spiro atoms. The first kappa shape index (κ1) is 12.1. The minimum atomic E-state index is -4.80. The minimum Gasteiger partial charge on any atom is -1.00 e. The van der Waals surface area contributed by atoms with Crippen LogP contribution in [0.3, 0.4) is 0 Å². The maximum Gasteiger partial charge on any atom is 1.00 e. The fraction of sp³-hybridized carbons (Fsp3) is 0. The van der Waals surface area contributed by atoms with Gasteiger partial charge in [-0.1, -0.05) is 0 Å². The van der Waals surface area contributed by atoms with Gasteiger partial charge in [0.15, 0.2) is 0 Å². The van der Waals surface area contributed by atoms with Crippen LogP contribution in [0.15, 0.2) is 0 Å². The van der Waals surface area contributed by atoms with Crippen LogP contribution in [0.1, 0.15) is 1.43 Å². The summed E-state index contributed by atoms with van der Waals surface area (Å²) >= 11 is 0. The summed E-state index contributed by atoms with van der Waals surface area (Å²) in [4.78, 5) is 23.7. The monoisotopic (exact) mass is 173 g/mol. The third-order valence-electron chi connectivity index (χ3n) is 0.275. The van der Waals surface area contributed by atoms with Gasteiger partial charge in [0, 0.05) is 18.6 Å². The Morgan fingerprint density at radius 1 is 1.12 bits per heavy atom. The van der Waals surface area contributed by atoms with Crippen molar-refractivity contribution in [3.8, 4) is 0 Å². The van der Waals surface area contributed by atoms with Crippen molar-refractivity contribution in [1.29, 1.82) is 0 Å². The van der Waals surface area contributed by atoms with Crippen molar-refractivity contribution in [3.63, 3.8) is 0 Å². The molecular formula is H4LiO5PV. The van der Waals surface area contributed by atoms with Gasteiger partial charge in [-0.3, -0.25) is 0 Å². The van der Waals surface area contributed by atoms with Gasteiger partial charge >= 0.3 is 50.6 Å². The van der Waals surface area contributed by atoms with E-state index >= 15 is 0 Å². The molecule has 3 N–H and O–H groups in total. The predicted octanol–water partition coefficient (Wildman–Crippen LogP) is -3.83. The zero-order valence-corrected chi connectivity index (χ0v) is 6.34. The quantitative estimate of drug-likeness (QED) is 0.151. The molecule has 1 radical (unpaired) electrons. The standard InChI is InChI=1S/Li.H3O5P.V.H/c;1-6(2,3)4-5-6;;/h;1-3H;;/q+1;;;-1. The van der Waals surface area contributed by atoms with Gasteiger partial charge in [-0.25, -0.2) is 0 Å². The Kier molecular flexibility index (Phi) is 3.89. The molecular weight excluding hydrogens is 169 g/mol. The molecule has 0 aliphatic carbocycles. The van der Waals surface area contributed by atoms with Crippen molar-refractivity contribution < 1.29 is 62.9 Å². The van der Waals surface area contributed by atoms with E-state index in [1.165, 1.54) is 0 Å². The van der Waals surface area contributed by atoms with Crippen LogP contribution < -0.4 is 18.9 Å². The zero-order valence-electron chi connectivity index (χ0n) is 5.05. The SMILES string of the molecule is OP1(O)(O)OO1.[H-].[Li+].[V]. The molecule has 0 aromatic carbocycles. The van der Waals surface area contributed by atoms with Crippen molar-refractivity contribution in [3.05, 3.63) is 0 Å². The third-order valence-corrected chi connectivity index (χ3v) is 0.824. The van der Waals surface area contributed by atoms with Crippen LogP contribution in [-0.2, 0) is 27.9 Å². The first-order valence-corrected chi connectivity index (χ1v) is 3.06. The second kappa shape index (κ2) is 2.57. The molecule has 0 bridgehead atoms. The third kappa shape index (κ3) is 4.31. The Labute approximate surface area is 70.8 Å². The molecule has 1 saturated heterocycles. The zero-order chi connectivity index (χ0) is 4.86. The Hall–Kier alpha value is 1.41. The van der Waals surface area contributed by atoms with E-state index in [2.05, 4.69) is 9.35 Å². The molecule has 0 atom stereocenters. The first-order valence-electron chi connectivity index (χ1n) is 1.13. The van der Waals surface area contributed by atoms with E-state index in [0.29, 0.717) is 0 Å². The van der Waals surface area contributed by atoms with Gasteiger partial charge in [0.1, 0.15) is 0 Å². The van der Waals surface area contributed by atoms with Gasteiger partial charge in [-0.2, -0.15) is 0 Å². The van der Waals surface area contributed by atoms with Crippen LogP contribution in [0.5, 0.6) is 0 Å². The summed E-state index contributed by atoms with van der Waals surface area (Å²) in [7, 11) is -4.80. The van der Waals surface area contributed by atoms with Crippen LogP contribution in [0.4, 0.5) is 0 Å². The molecule has 1 fully saturated rings. The molecule has 0 aromatic rings. The van der Waals surface area contributed by atoms with Crippen LogP contribution in [0.25, 0.3) is 0 Å². The van der Waals surface area contributed by atoms with Gasteiger partial charge in [0.05, 0.1) is 0 Å². The molecule has 0 unspecified atom stereocenters. The summed E-state index contributed by atoms with van der Waals surface area (Å²) in [6.45, 7) is 0. The molecule has 1 aliphatic rings. The summed E-state index contributed by atoms with van der Waals surface area (Å²) < 4.78 is 6.76. The molecule has 1 heterocycles. The van der Waals surface area contributed by atoms with E-state index < -0.39 is 7.74 Å². The number of rotatable bonds is 0. The van der Waals surface area contributed by atoms with Crippen molar-refractivity contribution >= 4 is 7.74 Å². The summed E-state index contributed by atoms with van der Waals surface area (Å²) in [5.41, 5.74) is 0. The normalized spacial score (nSPS) is 32.1. The van der Waals surface area contributed by atoms with E-state index in [1.54, 1.807) is 0 Å². The van der Waals surface area contributed by atoms with Gasteiger partial charge in [0.25, 0.3) is 0 Å². The van der Waals surface area contributed by atoms with Crippen molar-refractivity contribution in [2.24, 2.45) is 0 Å².